The molecule has 0 aliphatic carbocycles. The molecule has 26 heavy (non-hydrogen) atoms. The normalized spacial score (nSPS) is 11.7. The fourth-order valence-corrected chi connectivity index (χ4v) is 3.54. The Balaban J connectivity index is 1.67. The van der Waals surface area contributed by atoms with Gasteiger partial charge in [-0.25, -0.2) is 0 Å². The maximum absolute atomic E-state index is 12.0. The van der Waals surface area contributed by atoms with Crippen LogP contribution in [0.25, 0.3) is 0 Å². The van der Waals surface area contributed by atoms with Crippen LogP contribution >= 0.6 is 35.0 Å². The topological polar surface area (TPSA) is 47.6 Å². The molecule has 0 aliphatic heterocycles. The zero-order valence-electron chi connectivity index (χ0n) is 14.6. The van der Waals surface area contributed by atoms with Crippen molar-refractivity contribution in [2.24, 2.45) is 0 Å². The van der Waals surface area contributed by atoms with Crippen molar-refractivity contribution in [2.75, 3.05) is 19.5 Å². The van der Waals surface area contributed by atoms with E-state index in [-0.39, 0.29) is 11.9 Å². The molecular formula is C19H21Cl2NO3S. The van der Waals surface area contributed by atoms with E-state index in [4.69, 9.17) is 32.7 Å². The zero-order chi connectivity index (χ0) is 18.9. The second-order valence-corrected chi connectivity index (χ2v) is 7.51. The summed E-state index contributed by atoms with van der Waals surface area (Å²) in [6.07, 6.45) is 0. The molecule has 0 saturated heterocycles. The third-order valence-corrected chi connectivity index (χ3v) is 5.04. The van der Waals surface area contributed by atoms with E-state index >= 15 is 0 Å². The molecule has 0 saturated carbocycles. The Morgan fingerprint density at radius 1 is 1.15 bits per heavy atom. The lowest BCUT2D eigenvalue weighted by Crippen LogP contribution is -2.37. The first-order chi connectivity index (χ1) is 12.5. The smallest absolute Gasteiger partial charge is 0.230 e. The van der Waals surface area contributed by atoms with Crippen LogP contribution in [0.4, 0.5) is 0 Å². The molecule has 1 N–H and O–H groups in total. The monoisotopic (exact) mass is 413 g/mol. The minimum absolute atomic E-state index is 0.0362. The fourth-order valence-electron chi connectivity index (χ4n) is 2.14. The lowest BCUT2D eigenvalue weighted by molar-refractivity contribution is -0.119. The van der Waals surface area contributed by atoms with Crippen LogP contribution in [-0.4, -0.2) is 31.4 Å². The summed E-state index contributed by atoms with van der Waals surface area (Å²) in [5.41, 5.74) is 0.963. The van der Waals surface area contributed by atoms with Crippen molar-refractivity contribution in [3.05, 3.63) is 58.1 Å². The van der Waals surface area contributed by atoms with Gasteiger partial charge in [-0.05, 0) is 48.9 Å². The molecule has 0 heterocycles. The van der Waals surface area contributed by atoms with Crippen LogP contribution in [0.1, 0.15) is 12.5 Å². The third kappa shape index (κ3) is 6.98. The number of rotatable bonds is 9. The summed E-state index contributed by atoms with van der Waals surface area (Å²) in [7, 11) is 1.62. The standard InChI is InChI=1S/C19H21Cl2NO3S/c1-13(10-25-17-7-5-16(24-2)6-8-17)22-19(23)12-26-11-14-3-4-15(20)9-18(14)21/h3-9,13H,10-12H2,1-2H3,(H,22,23)/t13-/m0/s1. The van der Waals surface area contributed by atoms with Crippen molar-refractivity contribution in [3.8, 4) is 11.5 Å². The summed E-state index contributed by atoms with van der Waals surface area (Å²) >= 11 is 13.5. The van der Waals surface area contributed by atoms with E-state index in [1.807, 2.05) is 37.3 Å². The average Bonchev–Trinajstić information content (AvgIpc) is 2.62. The lowest BCUT2D eigenvalue weighted by Gasteiger charge is -2.15. The number of thioether (sulfide) groups is 1. The molecule has 2 aromatic carbocycles. The van der Waals surface area contributed by atoms with Gasteiger partial charge in [0.25, 0.3) is 0 Å². The van der Waals surface area contributed by atoms with Gasteiger partial charge in [0.1, 0.15) is 18.1 Å². The second-order valence-electron chi connectivity index (χ2n) is 5.68. The van der Waals surface area contributed by atoms with Gasteiger partial charge in [0.15, 0.2) is 0 Å². The Hall–Kier alpha value is -1.56. The number of benzene rings is 2. The number of ether oxygens (including phenoxy) is 2. The van der Waals surface area contributed by atoms with Gasteiger partial charge < -0.3 is 14.8 Å². The maximum Gasteiger partial charge on any atom is 0.230 e. The summed E-state index contributed by atoms with van der Waals surface area (Å²) in [6, 6.07) is 12.6. The molecular weight excluding hydrogens is 393 g/mol. The number of halogens is 2. The summed E-state index contributed by atoms with van der Waals surface area (Å²) in [5.74, 6) is 2.48. The zero-order valence-corrected chi connectivity index (χ0v) is 17.0. The molecule has 1 amide bonds. The van der Waals surface area contributed by atoms with E-state index < -0.39 is 0 Å². The quantitative estimate of drug-likeness (QED) is 0.639. The van der Waals surface area contributed by atoms with Gasteiger partial charge >= 0.3 is 0 Å². The summed E-state index contributed by atoms with van der Waals surface area (Å²) < 4.78 is 10.8. The van der Waals surface area contributed by atoms with E-state index in [2.05, 4.69) is 5.32 Å². The summed E-state index contributed by atoms with van der Waals surface area (Å²) in [6.45, 7) is 2.30. The number of carbonyl (C=O) groups excluding carboxylic acids is 1. The highest BCUT2D eigenvalue weighted by atomic mass is 35.5. The molecule has 0 fully saturated rings. The van der Waals surface area contributed by atoms with E-state index in [9.17, 15) is 4.79 Å². The number of nitrogens with one attached hydrogen (secondary N) is 1. The predicted octanol–water partition coefficient (Wildman–Crippen LogP) is 4.82. The molecule has 7 heteroatoms. The Labute approximate surface area is 168 Å². The highest BCUT2D eigenvalue weighted by Gasteiger charge is 2.09. The minimum Gasteiger partial charge on any atom is -0.497 e. The van der Waals surface area contributed by atoms with Crippen LogP contribution in [0, 0.1) is 0 Å². The molecule has 1 atom stereocenters. The predicted molar refractivity (Wildman–Crippen MR) is 109 cm³/mol. The molecule has 2 rings (SSSR count). The molecule has 0 bridgehead atoms. The largest absolute Gasteiger partial charge is 0.497 e. The van der Waals surface area contributed by atoms with Gasteiger partial charge in [-0.1, -0.05) is 29.3 Å². The van der Waals surface area contributed by atoms with Gasteiger partial charge in [-0.2, -0.15) is 0 Å². The average molecular weight is 414 g/mol. The van der Waals surface area contributed by atoms with Crippen molar-refractivity contribution >= 4 is 40.9 Å². The van der Waals surface area contributed by atoms with Gasteiger partial charge in [0, 0.05) is 15.8 Å². The van der Waals surface area contributed by atoms with Crippen LogP contribution in [0.2, 0.25) is 10.0 Å². The fraction of sp³-hybridized carbons (Fsp3) is 0.316. The number of methoxy groups -OCH3 is 1. The first kappa shape index (κ1) is 20.7. The number of hydrogen-bond donors (Lipinski definition) is 1. The first-order valence-corrected chi connectivity index (χ1v) is 9.97. The molecule has 2 aromatic rings. The van der Waals surface area contributed by atoms with Gasteiger partial charge in [-0.15, -0.1) is 11.8 Å². The first-order valence-electron chi connectivity index (χ1n) is 8.06. The van der Waals surface area contributed by atoms with Crippen molar-refractivity contribution in [2.45, 2.75) is 18.7 Å². The summed E-state index contributed by atoms with van der Waals surface area (Å²) in [5, 5.41) is 4.14. The summed E-state index contributed by atoms with van der Waals surface area (Å²) in [4.78, 5) is 12.0. The van der Waals surface area contributed by atoms with Crippen molar-refractivity contribution < 1.29 is 14.3 Å². The molecule has 0 radical (unpaired) electrons. The SMILES string of the molecule is COc1ccc(OC[C@H](C)NC(=O)CSCc2ccc(Cl)cc2Cl)cc1. The van der Waals surface area contributed by atoms with Crippen LogP contribution in [-0.2, 0) is 10.5 Å². The van der Waals surface area contributed by atoms with Crippen LogP contribution in [0.3, 0.4) is 0 Å². The van der Waals surface area contributed by atoms with Crippen LogP contribution < -0.4 is 14.8 Å². The molecule has 4 nitrogen and oxygen atoms in total. The van der Waals surface area contributed by atoms with E-state index in [1.54, 1.807) is 19.2 Å². The molecule has 0 aliphatic rings. The van der Waals surface area contributed by atoms with E-state index in [0.717, 1.165) is 17.1 Å². The molecule has 0 unspecified atom stereocenters. The maximum atomic E-state index is 12.0. The molecule has 0 spiro atoms. The Morgan fingerprint density at radius 2 is 1.85 bits per heavy atom. The van der Waals surface area contributed by atoms with Gasteiger partial charge in [-0.3, -0.25) is 4.79 Å². The van der Waals surface area contributed by atoms with Crippen LogP contribution in [0.15, 0.2) is 42.5 Å². The van der Waals surface area contributed by atoms with E-state index in [0.29, 0.717) is 28.2 Å². The Kier molecular flexibility index (Phi) is 8.42. The number of hydrogen-bond acceptors (Lipinski definition) is 4. The van der Waals surface area contributed by atoms with Gasteiger partial charge in [0.05, 0.1) is 18.9 Å². The lowest BCUT2D eigenvalue weighted by atomic mass is 10.2. The molecule has 140 valence electrons. The van der Waals surface area contributed by atoms with Crippen molar-refractivity contribution in [1.82, 2.24) is 5.32 Å². The Bertz CT molecular complexity index is 725. The van der Waals surface area contributed by atoms with Crippen molar-refractivity contribution in [1.29, 1.82) is 0 Å². The Morgan fingerprint density at radius 3 is 2.50 bits per heavy atom. The molecule has 0 aromatic heterocycles. The highest BCUT2D eigenvalue weighted by molar-refractivity contribution is 7.99. The van der Waals surface area contributed by atoms with Crippen molar-refractivity contribution in [3.63, 3.8) is 0 Å². The van der Waals surface area contributed by atoms with E-state index in [1.165, 1.54) is 11.8 Å². The minimum atomic E-state index is -0.0932. The second kappa shape index (κ2) is 10.6. The van der Waals surface area contributed by atoms with Gasteiger partial charge in [0.2, 0.25) is 5.91 Å². The number of amides is 1. The number of carbonyl (C=O) groups is 1. The highest BCUT2D eigenvalue weighted by Crippen LogP contribution is 2.24. The van der Waals surface area contributed by atoms with Crippen LogP contribution in [0.5, 0.6) is 11.5 Å². The third-order valence-electron chi connectivity index (χ3n) is 3.47.